The highest BCUT2D eigenvalue weighted by Crippen LogP contribution is 2.35. The van der Waals surface area contributed by atoms with Gasteiger partial charge in [-0.05, 0) is 80.7 Å². The number of ether oxygens (including phenoxy) is 1. The van der Waals surface area contributed by atoms with Crippen molar-refractivity contribution < 1.29 is 18.7 Å². The Morgan fingerprint density at radius 2 is 1.63 bits per heavy atom. The van der Waals surface area contributed by atoms with Gasteiger partial charge in [0.1, 0.15) is 11.6 Å². The minimum Gasteiger partial charge on any atom is -0.410 e. The molecule has 1 aliphatic carbocycles. The van der Waals surface area contributed by atoms with Crippen molar-refractivity contribution in [2.45, 2.75) is 43.7 Å². The molecule has 5 rings (SSSR count). The van der Waals surface area contributed by atoms with E-state index < -0.39 is 11.9 Å². The number of hydrogen-bond acceptors (Lipinski definition) is 4. The monoisotopic (exact) mass is 499 g/mol. The molecule has 2 heterocycles. The number of carbonyl (C=O) groups excluding carboxylic acids is 2. The van der Waals surface area contributed by atoms with Crippen molar-refractivity contribution in [1.82, 2.24) is 14.7 Å². The maximum absolute atomic E-state index is 13.5. The Morgan fingerprint density at radius 3 is 2.26 bits per heavy atom. The molecule has 2 saturated heterocycles. The molecule has 0 N–H and O–H groups in total. The topological polar surface area (TPSA) is 53.1 Å². The molecule has 2 atom stereocenters. The summed E-state index contributed by atoms with van der Waals surface area (Å²) < 4.78 is 18.7. The summed E-state index contributed by atoms with van der Waals surface area (Å²) >= 11 is 6.11. The van der Waals surface area contributed by atoms with E-state index in [4.69, 9.17) is 16.3 Å². The van der Waals surface area contributed by atoms with Crippen LogP contribution in [0.25, 0.3) is 0 Å². The van der Waals surface area contributed by atoms with Gasteiger partial charge in [-0.1, -0.05) is 23.7 Å². The van der Waals surface area contributed by atoms with Gasteiger partial charge in [0.2, 0.25) is 5.91 Å². The standard InChI is InChI=1S/C27H31ClFN3O3/c1-30(27(34)35-23-10-6-21(29)7-11-23)25-17-32(16-24(25)18-2-4-20(28)5-3-18)26(33)19-12-14-31(15-13-19)22-8-9-22/h2-7,10-11,19,22,24-25H,8-9,12-17H2,1H3. The molecule has 186 valence electrons. The van der Waals surface area contributed by atoms with Gasteiger partial charge in [0.15, 0.2) is 0 Å². The second-order valence-corrected chi connectivity index (χ2v) is 10.4. The molecule has 2 aromatic carbocycles. The molecule has 3 fully saturated rings. The lowest BCUT2D eigenvalue weighted by molar-refractivity contribution is -0.136. The third-order valence-corrected chi connectivity index (χ3v) is 7.90. The number of amides is 2. The number of piperidine rings is 1. The molecule has 2 unspecified atom stereocenters. The Labute approximate surface area is 210 Å². The fourth-order valence-electron chi connectivity index (χ4n) is 5.42. The third-order valence-electron chi connectivity index (χ3n) is 7.65. The number of halogens is 2. The molecule has 0 bridgehead atoms. The van der Waals surface area contributed by atoms with Crippen LogP contribution < -0.4 is 4.74 Å². The summed E-state index contributed by atoms with van der Waals surface area (Å²) in [7, 11) is 1.70. The SMILES string of the molecule is CN(C(=O)Oc1ccc(F)cc1)C1CN(C(=O)C2CCN(C3CC3)CC2)CC1c1ccc(Cl)cc1. The average Bonchev–Trinajstić information content (AvgIpc) is 3.63. The Morgan fingerprint density at radius 1 is 0.971 bits per heavy atom. The molecule has 3 aliphatic rings. The fourth-order valence-corrected chi connectivity index (χ4v) is 5.54. The molecule has 6 nitrogen and oxygen atoms in total. The van der Waals surface area contributed by atoms with E-state index in [1.54, 1.807) is 11.9 Å². The van der Waals surface area contributed by atoms with Gasteiger partial charge < -0.3 is 19.4 Å². The largest absolute Gasteiger partial charge is 0.415 e. The molecular formula is C27H31ClFN3O3. The summed E-state index contributed by atoms with van der Waals surface area (Å²) in [5.41, 5.74) is 1.03. The third kappa shape index (κ3) is 5.46. The lowest BCUT2D eigenvalue weighted by atomic mass is 9.93. The van der Waals surface area contributed by atoms with Crippen molar-refractivity contribution in [3.8, 4) is 5.75 Å². The van der Waals surface area contributed by atoms with Crippen LogP contribution in [0.2, 0.25) is 5.02 Å². The summed E-state index contributed by atoms with van der Waals surface area (Å²) in [5, 5.41) is 0.641. The molecular weight excluding hydrogens is 469 g/mol. The molecule has 35 heavy (non-hydrogen) atoms. The van der Waals surface area contributed by atoms with Gasteiger partial charge >= 0.3 is 6.09 Å². The lowest BCUT2D eigenvalue weighted by Gasteiger charge is -2.33. The number of rotatable bonds is 5. The van der Waals surface area contributed by atoms with Gasteiger partial charge in [-0.15, -0.1) is 0 Å². The second-order valence-electron chi connectivity index (χ2n) is 9.94. The van der Waals surface area contributed by atoms with Crippen LogP contribution in [0.15, 0.2) is 48.5 Å². The first kappa shape index (κ1) is 24.1. The quantitative estimate of drug-likeness (QED) is 0.594. The number of hydrogen-bond donors (Lipinski definition) is 0. The van der Waals surface area contributed by atoms with Crippen molar-refractivity contribution >= 4 is 23.6 Å². The minimum absolute atomic E-state index is 0.0334. The summed E-state index contributed by atoms with van der Waals surface area (Å²) in [5.74, 6) is 0.0374. The zero-order valence-corrected chi connectivity index (χ0v) is 20.7. The van der Waals surface area contributed by atoms with E-state index in [-0.39, 0.29) is 29.5 Å². The zero-order valence-electron chi connectivity index (χ0n) is 19.9. The molecule has 2 aromatic rings. The number of likely N-dealkylation sites (tertiary alicyclic amines) is 2. The number of nitrogens with zero attached hydrogens (tertiary/aromatic N) is 3. The number of carbonyl (C=O) groups is 2. The van der Waals surface area contributed by atoms with Crippen LogP contribution in [0.1, 0.15) is 37.2 Å². The first-order chi connectivity index (χ1) is 16.9. The van der Waals surface area contributed by atoms with E-state index in [9.17, 15) is 14.0 Å². The van der Waals surface area contributed by atoms with Crippen molar-refractivity contribution in [2.75, 3.05) is 33.2 Å². The average molecular weight is 500 g/mol. The Bertz CT molecular complexity index is 1050. The Hall–Kier alpha value is -2.64. The molecule has 2 aliphatic heterocycles. The van der Waals surface area contributed by atoms with E-state index in [2.05, 4.69) is 4.90 Å². The van der Waals surface area contributed by atoms with E-state index >= 15 is 0 Å². The van der Waals surface area contributed by atoms with Crippen LogP contribution in [0.5, 0.6) is 5.75 Å². The van der Waals surface area contributed by atoms with Crippen LogP contribution in [0.4, 0.5) is 9.18 Å². The summed E-state index contributed by atoms with van der Waals surface area (Å²) in [6.07, 6.45) is 3.83. The highest BCUT2D eigenvalue weighted by molar-refractivity contribution is 6.30. The van der Waals surface area contributed by atoms with Gasteiger partial charge in [-0.3, -0.25) is 4.79 Å². The van der Waals surface area contributed by atoms with Crippen molar-refractivity contribution in [3.63, 3.8) is 0 Å². The van der Waals surface area contributed by atoms with Crippen LogP contribution in [0, 0.1) is 11.7 Å². The fraction of sp³-hybridized carbons (Fsp3) is 0.481. The summed E-state index contributed by atoms with van der Waals surface area (Å²) in [6, 6.07) is 13.4. The molecule has 2 amide bonds. The van der Waals surface area contributed by atoms with Crippen LogP contribution in [-0.4, -0.2) is 72.0 Å². The second kappa shape index (κ2) is 10.2. The van der Waals surface area contributed by atoms with Crippen LogP contribution in [-0.2, 0) is 4.79 Å². The van der Waals surface area contributed by atoms with Gasteiger partial charge in [-0.25, -0.2) is 9.18 Å². The normalized spacial score (nSPS) is 23.3. The predicted molar refractivity (Wildman–Crippen MR) is 132 cm³/mol. The van der Waals surface area contributed by atoms with Gasteiger partial charge in [0.25, 0.3) is 0 Å². The van der Waals surface area contributed by atoms with E-state index in [1.807, 2.05) is 29.2 Å². The minimum atomic E-state index is -0.535. The highest BCUT2D eigenvalue weighted by Gasteiger charge is 2.43. The maximum Gasteiger partial charge on any atom is 0.415 e. The smallest absolute Gasteiger partial charge is 0.410 e. The highest BCUT2D eigenvalue weighted by atomic mass is 35.5. The van der Waals surface area contributed by atoms with E-state index in [0.29, 0.717) is 18.1 Å². The zero-order chi connectivity index (χ0) is 24.5. The first-order valence-corrected chi connectivity index (χ1v) is 12.8. The van der Waals surface area contributed by atoms with Crippen molar-refractivity contribution in [2.24, 2.45) is 5.92 Å². The van der Waals surface area contributed by atoms with Gasteiger partial charge in [-0.2, -0.15) is 0 Å². The first-order valence-electron chi connectivity index (χ1n) is 12.4. The molecule has 8 heteroatoms. The van der Waals surface area contributed by atoms with E-state index in [1.165, 1.54) is 37.1 Å². The molecule has 0 spiro atoms. The Kier molecular flexibility index (Phi) is 6.98. The Balaban J connectivity index is 1.30. The number of benzene rings is 2. The van der Waals surface area contributed by atoms with Crippen molar-refractivity contribution in [3.05, 3.63) is 64.9 Å². The number of likely N-dealkylation sites (N-methyl/N-ethyl adjacent to an activating group) is 1. The lowest BCUT2D eigenvalue weighted by Crippen LogP contribution is -2.45. The van der Waals surface area contributed by atoms with Crippen LogP contribution in [0.3, 0.4) is 0 Å². The maximum atomic E-state index is 13.5. The predicted octanol–water partition coefficient (Wildman–Crippen LogP) is 4.78. The van der Waals surface area contributed by atoms with E-state index in [0.717, 1.165) is 37.5 Å². The molecule has 0 aromatic heterocycles. The van der Waals surface area contributed by atoms with Gasteiger partial charge in [0, 0.05) is 43.0 Å². The molecule has 1 saturated carbocycles. The summed E-state index contributed by atoms with van der Waals surface area (Å²) in [4.78, 5) is 32.5. The summed E-state index contributed by atoms with van der Waals surface area (Å²) in [6.45, 7) is 2.97. The van der Waals surface area contributed by atoms with Crippen molar-refractivity contribution in [1.29, 1.82) is 0 Å². The van der Waals surface area contributed by atoms with Gasteiger partial charge in [0.05, 0.1) is 6.04 Å². The molecule has 0 radical (unpaired) electrons. The van der Waals surface area contributed by atoms with Crippen LogP contribution >= 0.6 is 11.6 Å².